The van der Waals surface area contributed by atoms with Gasteiger partial charge in [-0.15, -0.1) is 0 Å². The first-order valence-corrected chi connectivity index (χ1v) is 11.1. The molecule has 192 valence electrons. The normalized spacial score (nSPS) is 19.6. The molecule has 2 saturated heterocycles. The molecule has 1 aromatic carbocycles. The number of ether oxygens (including phenoxy) is 1. The number of amides is 1. The molecule has 0 radical (unpaired) electrons. The predicted octanol–water partition coefficient (Wildman–Crippen LogP) is 4.68. The molecule has 12 heteroatoms. The van der Waals surface area contributed by atoms with E-state index in [-0.39, 0.29) is 26.2 Å². The third kappa shape index (κ3) is 6.97. The first-order chi connectivity index (χ1) is 15.8. The maximum Gasteiger partial charge on any atom is 0.434 e. The third-order valence-corrected chi connectivity index (χ3v) is 6.31. The van der Waals surface area contributed by atoms with Gasteiger partial charge in [-0.25, -0.2) is 9.18 Å². The molecule has 1 aromatic rings. The van der Waals surface area contributed by atoms with Crippen LogP contribution in [-0.4, -0.2) is 84.7 Å². The Hall–Kier alpha value is -2.08. The highest BCUT2D eigenvalue weighted by atomic mass is 19.4. The zero-order valence-electron chi connectivity index (χ0n) is 18.8. The number of carbonyl (C=O) groups excluding carboxylic acids is 1. The minimum absolute atomic E-state index is 0.0435. The van der Waals surface area contributed by atoms with E-state index in [4.69, 9.17) is 0 Å². The van der Waals surface area contributed by atoms with Crippen molar-refractivity contribution in [3.05, 3.63) is 34.9 Å². The molecule has 2 aliphatic rings. The van der Waals surface area contributed by atoms with E-state index >= 15 is 0 Å². The first-order valence-electron chi connectivity index (χ1n) is 11.1. The average Bonchev–Trinajstić information content (AvgIpc) is 2.75. The number of hydrogen-bond donors (Lipinski definition) is 0. The van der Waals surface area contributed by atoms with Crippen LogP contribution in [0, 0.1) is 6.92 Å². The van der Waals surface area contributed by atoms with Gasteiger partial charge in [0.2, 0.25) is 0 Å². The monoisotopic (exact) mass is 499 g/mol. The second kappa shape index (κ2) is 10.7. The fraction of sp³-hybridized carbons (Fsp3) is 0.682. The van der Waals surface area contributed by atoms with E-state index in [2.05, 4.69) is 9.64 Å². The lowest BCUT2D eigenvalue weighted by molar-refractivity contribution is -0.308. The smallest absolute Gasteiger partial charge is 0.426 e. The van der Waals surface area contributed by atoms with E-state index in [1.54, 1.807) is 0 Å². The number of piperazine rings is 1. The van der Waals surface area contributed by atoms with Gasteiger partial charge in [0, 0.05) is 52.4 Å². The fourth-order valence-electron chi connectivity index (χ4n) is 4.20. The van der Waals surface area contributed by atoms with E-state index in [9.17, 15) is 35.5 Å². The van der Waals surface area contributed by atoms with Crippen LogP contribution in [0.25, 0.3) is 0 Å². The zero-order valence-corrected chi connectivity index (χ0v) is 18.8. The summed E-state index contributed by atoms with van der Waals surface area (Å²) < 4.78 is 93.0. The zero-order chi connectivity index (χ0) is 25.1. The second-order valence-corrected chi connectivity index (χ2v) is 8.76. The highest BCUT2D eigenvalue weighted by molar-refractivity contribution is 5.68. The first kappa shape index (κ1) is 26.5. The van der Waals surface area contributed by atoms with Gasteiger partial charge in [0.1, 0.15) is 6.17 Å². The molecule has 0 spiro atoms. The number of nitrogens with zero attached hydrogens (tertiary/aromatic N) is 3. The van der Waals surface area contributed by atoms with Crippen molar-refractivity contribution in [3.8, 4) is 0 Å². The van der Waals surface area contributed by atoms with Crippen LogP contribution in [0.2, 0.25) is 0 Å². The molecular weight excluding hydrogens is 471 g/mol. The molecule has 0 unspecified atom stereocenters. The molecule has 5 nitrogen and oxygen atoms in total. The molecule has 0 aliphatic carbocycles. The van der Waals surface area contributed by atoms with Crippen LogP contribution in [0.1, 0.15) is 29.5 Å². The van der Waals surface area contributed by atoms with E-state index in [1.165, 1.54) is 0 Å². The molecule has 0 saturated carbocycles. The maximum atomic E-state index is 13.4. The molecule has 0 atom stereocenters. The lowest BCUT2D eigenvalue weighted by Crippen LogP contribution is -2.52. The number of likely N-dealkylation sites (tertiary alicyclic amines) is 1. The van der Waals surface area contributed by atoms with Gasteiger partial charge >= 0.3 is 18.4 Å². The third-order valence-electron chi connectivity index (χ3n) is 6.31. The Labute approximate surface area is 193 Å². The maximum absolute atomic E-state index is 13.4. The summed E-state index contributed by atoms with van der Waals surface area (Å²) in [6.07, 6.45) is -16.9. The quantitative estimate of drug-likeness (QED) is 0.552. The summed E-state index contributed by atoms with van der Waals surface area (Å²) in [5, 5.41) is 0. The van der Waals surface area contributed by atoms with Crippen LogP contribution in [0.3, 0.4) is 0 Å². The van der Waals surface area contributed by atoms with Crippen molar-refractivity contribution in [2.45, 2.75) is 57.5 Å². The number of rotatable bonds is 5. The number of carbonyl (C=O) groups is 1. The summed E-state index contributed by atoms with van der Waals surface area (Å²) in [5.74, 6) is 0. The highest BCUT2D eigenvalue weighted by Gasteiger charge is 2.60. The second-order valence-electron chi connectivity index (χ2n) is 8.76. The number of piperidine rings is 1. The number of alkyl halides is 7. The van der Waals surface area contributed by atoms with E-state index in [1.807, 2.05) is 30.0 Å². The van der Waals surface area contributed by atoms with Crippen molar-refractivity contribution >= 4 is 6.09 Å². The van der Waals surface area contributed by atoms with Gasteiger partial charge in [-0.1, -0.05) is 18.2 Å². The van der Waals surface area contributed by atoms with Gasteiger partial charge in [0.05, 0.1) is 0 Å². The summed E-state index contributed by atoms with van der Waals surface area (Å²) in [6, 6.07) is 5.91. The van der Waals surface area contributed by atoms with Crippen LogP contribution >= 0.6 is 0 Å². The molecule has 2 fully saturated rings. The molecule has 0 bridgehead atoms. The van der Waals surface area contributed by atoms with Crippen molar-refractivity contribution in [2.75, 3.05) is 39.3 Å². The van der Waals surface area contributed by atoms with Crippen molar-refractivity contribution in [1.82, 2.24) is 14.7 Å². The largest absolute Gasteiger partial charge is 0.434 e. The number of hydrogen-bond acceptors (Lipinski definition) is 4. The van der Waals surface area contributed by atoms with Crippen LogP contribution in [-0.2, 0) is 17.8 Å². The van der Waals surface area contributed by atoms with E-state index in [0.717, 1.165) is 21.6 Å². The Bertz CT molecular complexity index is 817. The Morgan fingerprint density at radius 2 is 1.38 bits per heavy atom. The van der Waals surface area contributed by atoms with Gasteiger partial charge < -0.3 is 9.64 Å². The topological polar surface area (TPSA) is 36.0 Å². The van der Waals surface area contributed by atoms with Gasteiger partial charge in [-0.3, -0.25) is 9.80 Å². The van der Waals surface area contributed by atoms with Crippen LogP contribution in [0.5, 0.6) is 0 Å². The molecule has 1 amide bonds. The van der Waals surface area contributed by atoms with Crippen molar-refractivity contribution in [2.24, 2.45) is 0 Å². The lowest BCUT2D eigenvalue weighted by atomic mass is 10.00. The van der Waals surface area contributed by atoms with Gasteiger partial charge in [0.15, 0.2) is 0 Å². The molecule has 0 aromatic heterocycles. The summed E-state index contributed by atoms with van der Waals surface area (Å²) in [4.78, 5) is 17.0. The Balaban J connectivity index is 1.53. The fourth-order valence-corrected chi connectivity index (χ4v) is 4.20. The summed E-state index contributed by atoms with van der Waals surface area (Å²) in [6.45, 7) is 5.12. The van der Waals surface area contributed by atoms with Crippen molar-refractivity contribution < 1.29 is 40.3 Å². The number of halogens is 7. The Kier molecular flexibility index (Phi) is 8.33. The van der Waals surface area contributed by atoms with E-state index < -0.39 is 30.7 Å². The van der Waals surface area contributed by atoms with Crippen LogP contribution in [0.15, 0.2) is 18.2 Å². The predicted molar refractivity (Wildman–Crippen MR) is 110 cm³/mol. The van der Waals surface area contributed by atoms with Gasteiger partial charge in [-0.2, -0.15) is 26.3 Å². The molecule has 34 heavy (non-hydrogen) atoms. The Morgan fingerprint density at radius 1 is 0.912 bits per heavy atom. The van der Waals surface area contributed by atoms with Crippen LogP contribution in [0.4, 0.5) is 35.5 Å². The summed E-state index contributed by atoms with van der Waals surface area (Å²) >= 11 is 0. The lowest BCUT2D eigenvalue weighted by Gasteiger charge is -2.35. The minimum atomic E-state index is -5.74. The van der Waals surface area contributed by atoms with Crippen LogP contribution < -0.4 is 0 Å². The Morgan fingerprint density at radius 3 is 1.85 bits per heavy atom. The van der Waals surface area contributed by atoms with E-state index in [0.29, 0.717) is 39.0 Å². The molecular formula is C22H28F7N3O2. The summed E-state index contributed by atoms with van der Waals surface area (Å²) in [7, 11) is 0. The summed E-state index contributed by atoms with van der Waals surface area (Å²) in [5.41, 5.74) is 3.26. The molecule has 2 aliphatic heterocycles. The van der Waals surface area contributed by atoms with Gasteiger partial charge in [-0.05, 0) is 36.5 Å². The number of benzene rings is 1. The minimum Gasteiger partial charge on any atom is -0.426 e. The van der Waals surface area contributed by atoms with Crippen molar-refractivity contribution in [1.29, 1.82) is 0 Å². The van der Waals surface area contributed by atoms with Gasteiger partial charge in [0.25, 0.3) is 6.10 Å². The standard InChI is InChI=1S/C22H28F7N3O2/c1-15-16(13-30-7-5-18(23)6-8-30)3-2-4-17(15)14-31-9-11-32(12-10-31)20(33)34-19(21(24,25)26)22(27,28)29/h2-4,18-19H,5-14H2,1H3. The molecule has 0 N–H and O–H groups in total. The van der Waals surface area contributed by atoms with Crippen molar-refractivity contribution in [3.63, 3.8) is 0 Å². The average molecular weight is 499 g/mol. The highest BCUT2D eigenvalue weighted by Crippen LogP contribution is 2.36. The molecule has 2 heterocycles. The SMILES string of the molecule is Cc1c(CN2CCC(F)CC2)cccc1CN1CCN(C(=O)OC(C(F)(F)F)C(F)(F)F)CC1. The molecule has 3 rings (SSSR count).